The number of nitrogens with one attached hydrogen (secondary N) is 1. The predicted octanol–water partition coefficient (Wildman–Crippen LogP) is 4.05. The minimum absolute atomic E-state index is 0.00270. The molecular weight excluding hydrogens is 285 g/mol. The highest BCUT2D eigenvalue weighted by Gasteiger charge is 2.18. The number of ether oxygens (including phenoxy) is 1. The van der Waals surface area contributed by atoms with Crippen LogP contribution in [0, 0.1) is 5.82 Å². The summed E-state index contributed by atoms with van der Waals surface area (Å²) in [5.41, 5.74) is 0.599. The van der Waals surface area contributed by atoms with Crippen LogP contribution in [0.4, 0.5) is 4.39 Å². The molecule has 0 aliphatic rings. The molecule has 0 amide bonds. The minimum Gasteiger partial charge on any atom is -0.496 e. The lowest BCUT2D eigenvalue weighted by molar-refractivity contribution is 0.404. The molecule has 0 aliphatic heterocycles. The standard InChI is InChI=1S/C14H15ClFNOS/c1-17-12(14-13(18-2)5-6-19-14)8-9-7-10(15)3-4-11(9)16/h3-7,12,17H,8H2,1-2H3. The van der Waals surface area contributed by atoms with Gasteiger partial charge in [-0.3, -0.25) is 0 Å². The first-order valence-electron chi connectivity index (χ1n) is 5.88. The van der Waals surface area contributed by atoms with E-state index in [9.17, 15) is 4.39 Å². The highest BCUT2D eigenvalue weighted by Crippen LogP contribution is 2.33. The maximum Gasteiger partial charge on any atom is 0.134 e. The lowest BCUT2D eigenvalue weighted by atomic mass is 10.0. The molecule has 102 valence electrons. The Kier molecular flexibility index (Phi) is 4.80. The van der Waals surface area contributed by atoms with Crippen LogP contribution in [0.3, 0.4) is 0 Å². The SMILES string of the molecule is CNC(Cc1cc(Cl)ccc1F)c1sccc1OC. The van der Waals surface area contributed by atoms with Crippen molar-refractivity contribution in [3.05, 3.63) is 50.9 Å². The molecule has 2 aromatic rings. The Hall–Kier alpha value is -1.10. The molecule has 1 N–H and O–H groups in total. The van der Waals surface area contributed by atoms with Crippen LogP contribution >= 0.6 is 22.9 Å². The van der Waals surface area contributed by atoms with Crippen molar-refractivity contribution in [2.75, 3.05) is 14.2 Å². The fourth-order valence-corrected chi connectivity index (χ4v) is 3.14. The number of hydrogen-bond donors (Lipinski definition) is 1. The number of hydrogen-bond acceptors (Lipinski definition) is 3. The normalized spacial score (nSPS) is 12.4. The van der Waals surface area contributed by atoms with Crippen molar-refractivity contribution in [1.82, 2.24) is 5.32 Å². The summed E-state index contributed by atoms with van der Waals surface area (Å²) in [4.78, 5) is 1.06. The van der Waals surface area contributed by atoms with E-state index < -0.39 is 0 Å². The number of benzene rings is 1. The molecule has 5 heteroatoms. The quantitative estimate of drug-likeness (QED) is 0.899. The molecule has 1 unspecified atom stereocenters. The van der Waals surface area contributed by atoms with E-state index in [0.29, 0.717) is 17.0 Å². The fraction of sp³-hybridized carbons (Fsp3) is 0.286. The van der Waals surface area contributed by atoms with Crippen molar-refractivity contribution in [2.45, 2.75) is 12.5 Å². The summed E-state index contributed by atoms with van der Waals surface area (Å²) in [6, 6.07) is 6.54. The third kappa shape index (κ3) is 3.26. The molecular formula is C14H15ClFNOS. The topological polar surface area (TPSA) is 21.3 Å². The largest absolute Gasteiger partial charge is 0.496 e. The minimum atomic E-state index is -0.236. The Labute approximate surface area is 121 Å². The molecule has 1 aromatic carbocycles. The molecule has 0 bridgehead atoms. The van der Waals surface area contributed by atoms with Crippen LogP contribution in [-0.4, -0.2) is 14.2 Å². The van der Waals surface area contributed by atoms with Gasteiger partial charge >= 0.3 is 0 Å². The molecule has 0 aliphatic carbocycles. The molecule has 1 heterocycles. The summed E-state index contributed by atoms with van der Waals surface area (Å²) < 4.78 is 19.1. The average Bonchev–Trinajstić information content (AvgIpc) is 2.88. The van der Waals surface area contributed by atoms with E-state index in [1.54, 1.807) is 30.6 Å². The van der Waals surface area contributed by atoms with Gasteiger partial charge in [-0.05, 0) is 48.7 Å². The van der Waals surface area contributed by atoms with Gasteiger partial charge in [0.25, 0.3) is 0 Å². The van der Waals surface area contributed by atoms with Gasteiger partial charge in [0.2, 0.25) is 0 Å². The van der Waals surface area contributed by atoms with Gasteiger partial charge in [0.1, 0.15) is 11.6 Å². The molecule has 0 radical (unpaired) electrons. The number of rotatable bonds is 5. The van der Waals surface area contributed by atoms with Crippen molar-refractivity contribution in [2.24, 2.45) is 0 Å². The van der Waals surface area contributed by atoms with Gasteiger partial charge < -0.3 is 10.1 Å². The van der Waals surface area contributed by atoms with Gasteiger partial charge in [0.05, 0.1) is 12.0 Å². The van der Waals surface area contributed by atoms with E-state index in [4.69, 9.17) is 16.3 Å². The van der Waals surface area contributed by atoms with Crippen LogP contribution < -0.4 is 10.1 Å². The summed E-state index contributed by atoms with van der Waals surface area (Å²) in [5, 5.41) is 5.71. The van der Waals surface area contributed by atoms with Crippen molar-refractivity contribution >= 4 is 22.9 Å². The Balaban J connectivity index is 2.26. The van der Waals surface area contributed by atoms with Crippen molar-refractivity contribution in [3.63, 3.8) is 0 Å². The second-order valence-corrected chi connectivity index (χ2v) is 5.52. The molecule has 1 atom stereocenters. The number of methoxy groups -OCH3 is 1. The molecule has 2 nitrogen and oxygen atoms in total. The van der Waals surface area contributed by atoms with Gasteiger partial charge in [-0.15, -0.1) is 11.3 Å². The highest BCUT2D eigenvalue weighted by atomic mass is 35.5. The number of thiophene rings is 1. The smallest absolute Gasteiger partial charge is 0.134 e. The zero-order valence-corrected chi connectivity index (χ0v) is 12.3. The van der Waals surface area contributed by atoms with E-state index in [-0.39, 0.29) is 11.9 Å². The summed E-state index contributed by atoms with van der Waals surface area (Å²) >= 11 is 7.51. The Bertz CT molecular complexity index is 558. The Morgan fingerprint density at radius 3 is 2.89 bits per heavy atom. The Morgan fingerprint density at radius 2 is 2.21 bits per heavy atom. The maximum absolute atomic E-state index is 13.8. The van der Waals surface area contributed by atoms with Crippen LogP contribution in [0.2, 0.25) is 5.02 Å². The lowest BCUT2D eigenvalue weighted by Crippen LogP contribution is -2.19. The molecule has 1 aromatic heterocycles. The molecule has 0 saturated heterocycles. The third-order valence-electron chi connectivity index (χ3n) is 2.97. The summed E-state index contributed by atoms with van der Waals surface area (Å²) in [6.45, 7) is 0. The first-order chi connectivity index (χ1) is 9.15. The number of likely N-dealkylation sites (N-methyl/N-ethyl adjacent to an activating group) is 1. The first-order valence-corrected chi connectivity index (χ1v) is 7.14. The monoisotopic (exact) mass is 299 g/mol. The van der Waals surface area contributed by atoms with Gasteiger partial charge in [-0.1, -0.05) is 11.6 Å². The van der Waals surface area contributed by atoms with Crippen molar-refractivity contribution in [1.29, 1.82) is 0 Å². The molecule has 19 heavy (non-hydrogen) atoms. The lowest BCUT2D eigenvalue weighted by Gasteiger charge is -2.17. The van der Waals surface area contributed by atoms with Gasteiger partial charge in [0.15, 0.2) is 0 Å². The van der Waals surface area contributed by atoms with Crippen LogP contribution in [0.25, 0.3) is 0 Å². The predicted molar refractivity (Wildman–Crippen MR) is 77.8 cm³/mol. The third-order valence-corrected chi connectivity index (χ3v) is 4.22. The van der Waals surface area contributed by atoms with E-state index in [2.05, 4.69) is 5.32 Å². The van der Waals surface area contributed by atoms with E-state index in [1.165, 1.54) is 6.07 Å². The van der Waals surface area contributed by atoms with Crippen LogP contribution in [-0.2, 0) is 6.42 Å². The van der Waals surface area contributed by atoms with Gasteiger partial charge in [-0.25, -0.2) is 4.39 Å². The van der Waals surface area contributed by atoms with Crippen LogP contribution in [0.1, 0.15) is 16.5 Å². The Morgan fingerprint density at radius 1 is 1.42 bits per heavy atom. The second-order valence-electron chi connectivity index (χ2n) is 4.13. The van der Waals surface area contributed by atoms with Crippen molar-refractivity contribution < 1.29 is 9.13 Å². The average molecular weight is 300 g/mol. The van der Waals surface area contributed by atoms with E-state index in [0.717, 1.165) is 10.6 Å². The fourth-order valence-electron chi connectivity index (χ4n) is 1.98. The zero-order valence-electron chi connectivity index (χ0n) is 10.7. The molecule has 0 saturated carbocycles. The second kappa shape index (κ2) is 6.37. The van der Waals surface area contributed by atoms with Crippen LogP contribution in [0.15, 0.2) is 29.6 Å². The number of halogens is 2. The zero-order chi connectivity index (χ0) is 13.8. The van der Waals surface area contributed by atoms with Gasteiger partial charge in [-0.2, -0.15) is 0 Å². The van der Waals surface area contributed by atoms with E-state index in [1.807, 2.05) is 18.5 Å². The first kappa shape index (κ1) is 14.3. The van der Waals surface area contributed by atoms with Gasteiger partial charge in [0, 0.05) is 11.1 Å². The van der Waals surface area contributed by atoms with Crippen molar-refractivity contribution in [3.8, 4) is 5.75 Å². The maximum atomic E-state index is 13.8. The molecule has 2 rings (SSSR count). The molecule has 0 fully saturated rings. The highest BCUT2D eigenvalue weighted by molar-refractivity contribution is 7.10. The molecule has 0 spiro atoms. The van der Waals surface area contributed by atoms with E-state index >= 15 is 0 Å². The van der Waals surface area contributed by atoms with Crippen LogP contribution in [0.5, 0.6) is 5.75 Å². The summed E-state index contributed by atoms with van der Waals surface area (Å²) in [7, 11) is 3.49. The summed E-state index contributed by atoms with van der Waals surface area (Å²) in [6.07, 6.45) is 0.528. The summed E-state index contributed by atoms with van der Waals surface area (Å²) in [5.74, 6) is 0.590.